The molecule has 166 valence electrons. The van der Waals surface area contributed by atoms with E-state index in [1.165, 1.54) is 17.2 Å². The van der Waals surface area contributed by atoms with Gasteiger partial charge in [-0.1, -0.05) is 30.3 Å². The number of anilines is 1. The summed E-state index contributed by atoms with van der Waals surface area (Å²) in [7, 11) is 1.75. The van der Waals surface area contributed by atoms with Gasteiger partial charge in [0.15, 0.2) is 11.7 Å². The summed E-state index contributed by atoms with van der Waals surface area (Å²) in [4.78, 5) is 19.7. The number of fused-ring (bicyclic) bond motifs is 1. The number of hydrogen-bond donors (Lipinski definition) is 4. The molecule has 0 aliphatic heterocycles. The molecule has 0 radical (unpaired) electrons. The highest BCUT2D eigenvalue weighted by atomic mass is 127. The van der Waals surface area contributed by atoms with Gasteiger partial charge in [0.05, 0.1) is 6.26 Å². The highest BCUT2D eigenvalue weighted by Gasteiger charge is 2.09. The molecule has 1 amide bonds. The molecule has 2 aromatic carbocycles. The molecule has 4 rings (SSSR count). The first-order chi connectivity index (χ1) is 15.2. The van der Waals surface area contributed by atoms with Crippen LogP contribution in [0.15, 0.2) is 82.5 Å². The summed E-state index contributed by atoms with van der Waals surface area (Å²) in [5.74, 6) is 0.734. The second-order valence-corrected chi connectivity index (χ2v) is 7.09. The number of guanidine groups is 1. The third-order valence-electron chi connectivity index (χ3n) is 4.98. The second-order valence-electron chi connectivity index (χ2n) is 7.09. The van der Waals surface area contributed by atoms with Gasteiger partial charge in [-0.2, -0.15) is 0 Å². The Bertz CT molecular complexity index is 1180. The van der Waals surface area contributed by atoms with Crippen LogP contribution in [0.2, 0.25) is 0 Å². The van der Waals surface area contributed by atoms with Gasteiger partial charge in [-0.05, 0) is 47.9 Å². The van der Waals surface area contributed by atoms with Crippen LogP contribution in [0.4, 0.5) is 5.69 Å². The Labute approximate surface area is 203 Å². The molecule has 2 heterocycles. The first-order valence-electron chi connectivity index (χ1n) is 10.2. The molecule has 0 atom stereocenters. The Morgan fingerprint density at radius 3 is 2.75 bits per heavy atom. The normalized spacial score (nSPS) is 11.1. The molecule has 0 saturated carbocycles. The molecule has 2 aromatic heterocycles. The number of aliphatic imine (C=N–C) groups is 1. The topological polar surface area (TPSA) is 94.5 Å². The van der Waals surface area contributed by atoms with Gasteiger partial charge in [-0.15, -0.1) is 24.0 Å². The van der Waals surface area contributed by atoms with Gasteiger partial charge in [-0.25, -0.2) is 0 Å². The van der Waals surface area contributed by atoms with Crippen molar-refractivity contribution >= 4 is 52.4 Å². The number of halogens is 1. The predicted molar refractivity (Wildman–Crippen MR) is 139 cm³/mol. The lowest BCUT2D eigenvalue weighted by Crippen LogP contribution is -2.37. The van der Waals surface area contributed by atoms with Crippen molar-refractivity contribution in [2.75, 3.05) is 18.9 Å². The van der Waals surface area contributed by atoms with Crippen LogP contribution in [0.3, 0.4) is 0 Å². The molecule has 0 fully saturated rings. The number of nitrogens with one attached hydrogen (secondary N) is 4. The molecule has 0 aliphatic rings. The lowest BCUT2D eigenvalue weighted by Gasteiger charge is -2.12. The van der Waals surface area contributed by atoms with E-state index in [2.05, 4.69) is 50.3 Å². The highest BCUT2D eigenvalue weighted by molar-refractivity contribution is 14.0. The van der Waals surface area contributed by atoms with Crippen molar-refractivity contribution in [3.05, 3.63) is 90.0 Å². The van der Waals surface area contributed by atoms with Crippen molar-refractivity contribution < 1.29 is 9.21 Å². The third kappa shape index (κ3) is 5.91. The lowest BCUT2D eigenvalue weighted by molar-refractivity contribution is 0.0996. The van der Waals surface area contributed by atoms with E-state index in [1.54, 1.807) is 19.2 Å². The molecule has 4 N–H and O–H groups in total. The maximum absolute atomic E-state index is 12.1. The van der Waals surface area contributed by atoms with E-state index in [0.29, 0.717) is 12.2 Å². The Morgan fingerprint density at radius 2 is 1.94 bits per heavy atom. The minimum absolute atomic E-state index is 0. The fourth-order valence-corrected chi connectivity index (χ4v) is 3.42. The number of amides is 1. The average Bonchev–Trinajstić information content (AvgIpc) is 3.47. The molecule has 4 aromatic rings. The number of benzene rings is 2. The summed E-state index contributed by atoms with van der Waals surface area (Å²) in [6.45, 7) is 1.35. The number of nitrogens with zero attached hydrogens (tertiary/aromatic N) is 1. The van der Waals surface area contributed by atoms with E-state index in [9.17, 15) is 4.79 Å². The SMILES string of the molecule is CN=C(NCCc1c[nH]c2ccccc12)NCc1cccc(NC(=O)c2ccco2)c1.I. The van der Waals surface area contributed by atoms with E-state index < -0.39 is 0 Å². The van der Waals surface area contributed by atoms with Crippen LogP contribution < -0.4 is 16.0 Å². The van der Waals surface area contributed by atoms with Crippen LogP contribution in [0.5, 0.6) is 0 Å². The fourth-order valence-electron chi connectivity index (χ4n) is 3.42. The van der Waals surface area contributed by atoms with E-state index in [0.717, 1.165) is 30.0 Å². The van der Waals surface area contributed by atoms with E-state index in [4.69, 9.17) is 4.42 Å². The standard InChI is InChI=1S/C24H25N5O2.HI/c1-25-24(26-12-11-18-16-27-21-9-3-2-8-20(18)21)28-15-17-6-4-7-19(14-17)29-23(30)22-10-5-13-31-22;/h2-10,13-14,16,27H,11-12,15H2,1H3,(H,29,30)(H2,25,26,28);1H. The Morgan fingerprint density at radius 1 is 1.06 bits per heavy atom. The Hall–Kier alpha value is -3.27. The third-order valence-corrected chi connectivity index (χ3v) is 4.98. The zero-order chi connectivity index (χ0) is 21.5. The predicted octanol–water partition coefficient (Wildman–Crippen LogP) is 4.54. The van der Waals surface area contributed by atoms with E-state index in [-0.39, 0.29) is 35.6 Å². The quantitative estimate of drug-likeness (QED) is 0.157. The summed E-state index contributed by atoms with van der Waals surface area (Å²) in [5.41, 5.74) is 4.16. The summed E-state index contributed by atoms with van der Waals surface area (Å²) < 4.78 is 5.13. The van der Waals surface area contributed by atoms with Crippen LogP contribution in [0, 0.1) is 0 Å². The maximum atomic E-state index is 12.1. The Balaban J connectivity index is 0.00000289. The number of aromatic nitrogens is 1. The van der Waals surface area contributed by atoms with Crippen molar-refractivity contribution in [2.45, 2.75) is 13.0 Å². The van der Waals surface area contributed by atoms with Gasteiger partial charge in [0.1, 0.15) is 0 Å². The minimum Gasteiger partial charge on any atom is -0.459 e. The number of furan rings is 1. The summed E-state index contributed by atoms with van der Waals surface area (Å²) in [6.07, 6.45) is 4.43. The number of H-pyrrole nitrogens is 1. The second kappa shape index (κ2) is 11.4. The van der Waals surface area contributed by atoms with Gasteiger partial charge < -0.3 is 25.4 Å². The zero-order valence-electron chi connectivity index (χ0n) is 17.7. The van der Waals surface area contributed by atoms with Crippen molar-refractivity contribution in [3.8, 4) is 0 Å². The van der Waals surface area contributed by atoms with Crippen molar-refractivity contribution in [1.29, 1.82) is 0 Å². The lowest BCUT2D eigenvalue weighted by atomic mass is 10.1. The average molecular weight is 543 g/mol. The van der Waals surface area contributed by atoms with Gasteiger partial charge in [0, 0.05) is 42.9 Å². The van der Waals surface area contributed by atoms with E-state index in [1.807, 2.05) is 30.3 Å². The molecule has 7 nitrogen and oxygen atoms in total. The molecule has 0 spiro atoms. The monoisotopic (exact) mass is 543 g/mol. The van der Waals surface area contributed by atoms with Crippen LogP contribution in [-0.4, -0.2) is 30.4 Å². The molecule has 0 unspecified atom stereocenters. The molecule has 32 heavy (non-hydrogen) atoms. The zero-order valence-corrected chi connectivity index (χ0v) is 20.1. The van der Waals surface area contributed by atoms with Gasteiger partial charge >= 0.3 is 0 Å². The molecule has 0 saturated heterocycles. The van der Waals surface area contributed by atoms with Crippen molar-refractivity contribution in [2.24, 2.45) is 4.99 Å². The molecule has 0 bridgehead atoms. The molecule has 8 heteroatoms. The molecular formula is C24H26IN5O2. The number of rotatable bonds is 7. The number of aromatic amines is 1. The Kier molecular flexibility index (Phi) is 8.32. The largest absolute Gasteiger partial charge is 0.459 e. The summed E-state index contributed by atoms with van der Waals surface area (Å²) in [6, 6.07) is 19.3. The number of hydrogen-bond acceptors (Lipinski definition) is 3. The van der Waals surface area contributed by atoms with Crippen LogP contribution in [0.25, 0.3) is 10.9 Å². The molecule has 0 aliphatic carbocycles. The van der Waals surface area contributed by atoms with Gasteiger partial charge in [0.2, 0.25) is 0 Å². The first-order valence-corrected chi connectivity index (χ1v) is 10.2. The number of carbonyl (C=O) groups excluding carboxylic acids is 1. The van der Waals surface area contributed by atoms with Crippen LogP contribution >= 0.6 is 24.0 Å². The first kappa shape index (κ1) is 23.4. The van der Waals surface area contributed by atoms with Gasteiger partial charge in [-0.3, -0.25) is 9.79 Å². The van der Waals surface area contributed by atoms with Crippen LogP contribution in [-0.2, 0) is 13.0 Å². The van der Waals surface area contributed by atoms with Crippen LogP contribution in [0.1, 0.15) is 21.7 Å². The highest BCUT2D eigenvalue weighted by Crippen LogP contribution is 2.17. The smallest absolute Gasteiger partial charge is 0.291 e. The summed E-state index contributed by atoms with van der Waals surface area (Å²) >= 11 is 0. The van der Waals surface area contributed by atoms with Gasteiger partial charge in [0.25, 0.3) is 5.91 Å². The molecular weight excluding hydrogens is 517 g/mol. The number of carbonyl (C=O) groups is 1. The summed E-state index contributed by atoms with van der Waals surface area (Å²) in [5, 5.41) is 10.8. The minimum atomic E-state index is -0.273. The number of para-hydroxylation sites is 1. The fraction of sp³-hybridized carbons (Fsp3) is 0.167. The maximum Gasteiger partial charge on any atom is 0.291 e. The van der Waals surface area contributed by atoms with Crippen molar-refractivity contribution in [1.82, 2.24) is 15.6 Å². The van der Waals surface area contributed by atoms with Crippen molar-refractivity contribution in [3.63, 3.8) is 0 Å². The van der Waals surface area contributed by atoms with E-state index >= 15 is 0 Å².